The van der Waals surface area contributed by atoms with Gasteiger partial charge in [-0.15, -0.1) is 23.7 Å². The summed E-state index contributed by atoms with van der Waals surface area (Å²) in [5.74, 6) is 1.43. The molecule has 0 unspecified atom stereocenters. The van der Waals surface area contributed by atoms with Crippen LogP contribution in [0.1, 0.15) is 23.1 Å². The molecule has 0 aromatic carbocycles. The molecule has 3 heterocycles. The molecular weight excluding hydrogens is 357 g/mol. The van der Waals surface area contributed by atoms with E-state index in [0.717, 1.165) is 28.0 Å². The van der Waals surface area contributed by atoms with Gasteiger partial charge in [-0.1, -0.05) is 5.16 Å². The van der Waals surface area contributed by atoms with Crippen molar-refractivity contribution in [3.8, 4) is 0 Å². The van der Waals surface area contributed by atoms with Crippen molar-refractivity contribution in [1.29, 1.82) is 0 Å². The molecule has 6 nitrogen and oxygen atoms in total. The van der Waals surface area contributed by atoms with Crippen molar-refractivity contribution in [3.63, 3.8) is 0 Å². The number of thiophene rings is 1. The van der Waals surface area contributed by atoms with E-state index in [2.05, 4.69) is 20.4 Å². The number of aryl methyl sites for hydroxylation is 1. The van der Waals surface area contributed by atoms with Crippen LogP contribution in [-0.4, -0.2) is 21.2 Å². The van der Waals surface area contributed by atoms with E-state index < -0.39 is 0 Å². The molecule has 0 spiro atoms. The summed E-state index contributed by atoms with van der Waals surface area (Å²) in [7, 11) is 0. The second-order valence-electron chi connectivity index (χ2n) is 5.18. The Balaban J connectivity index is 0.00000192. The van der Waals surface area contributed by atoms with Crippen LogP contribution >= 0.6 is 35.3 Å². The summed E-state index contributed by atoms with van der Waals surface area (Å²) in [6, 6.07) is 1.90. The third-order valence-corrected chi connectivity index (χ3v) is 4.74. The number of aromatic nitrogens is 3. The van der Waals surface area contributed by atoms with Crippen molar-refractivity contribution < 1.29 is 4.52 Å². The molecule has 3 N–H and O–H groups in total. The Kier molecular flexibility index (Phi) is 5.80. The minimum Gasteiger partial charge on any atom is -0.361 e. The summed E-state index contributed by atoms with van der Waals surface area (Å²) in [5.41, 5.74) is 7.91. The Bertz CT molecular complexity index is 788. The van der Waals surface area contributed by atoms with Gasteiger partial charge in [0.1, 0.15) is 5.82 Å². The molecule has 0 saturated heterocycles. The molecule has 9 heteroatoms. The van der Waals surface area contributed by atoms with E-state index in [0.29, 0.717) is 12.4 Å². The minimum atomic E-state index is 0. The number of nitrogens with one attached hydrogen (secondary N) is 1. The van der Waals surface area contributed by atoms with Gasteiger partial charge in [0.2, 0.25) is 5.28 Å². The minimum absolute atomic E-state index is 0. The molecule has 0 aliphatic heterocycles. The van der Waals surface area contributed by atoms with E-state index >= 15 is 0 Å². The first-order valence-electron chi connectivity index (χ1n) is 6.89. The molecule has 0 fully saturated rings. The summed E-state index contributed by atoms with van der Waals surface area (Å²) in [5, 5.41) is 7.14. The maximum atomic E-state index is 6.05. The van der Waals surface area contributed by atoms with Gasteiger partial charge in [-0.25, -0.2) is 4.98 Å². The van der Waals surface area contributed by atoms with Crippen LogP contribution in [0.4, 0.5) is 5.82 Å². The Morgan fingerprint density at radius 1 is 1.43 bits per heavy atom. The lowest BCUT2D eigenvalue weighted by atomic mass is 10.1. The van der Waals surface area contributed by atoms with Gasteiger partial charge in [0.15, 0.2) is 5.76 Å². The number of hydrogen-bond donors (Lipinski definition) is 2. The monoisotopic (exact) mass is 373 g/mol. The van der Waals surface area contributed by atoms with E-state index in [1.54, 1.807) is 23.6 Å². The number of halogens is 2. The highest BCUT2D eigenvalue weighted by Crippen LogP contribution is 2.35. The average Bonchev–Trinajstić information content (AvgIpc) is 3.07. The molecule has 0 saturated carbocycles. The third-order valence-electron chi connectivity index (χ3n) is 3.27. The van der Waals surface area contributed by atoms with Gasteiger partial charge in [0.25, 0.3) is 0 Å². The van der Waals surface area contributed by atoms with Gasteiger partial charge in [0, 0.05) is 17.0 Å². The fraction of sp³-hybridized carbons (Fsp3) is 0.357. The van der Waals surface area contributed by atoms with Crippen LogP contribution in [0.15, 0.2) is 16.8 Å². The normalized spacial score (nSPS) is 12.2. The topological polar surface area (TPSA) is 89.9 Å². The molecule has 0 amide bonds. The highest BCUT2D eigenvalue weighted by atomic mass is 35.5. The predicted molar refractivity (Wildman–Crippen MR) is 95.6 cm³/mol. The maximum Gasteiger partial charge on any atom is 0.224 e. The van der Waals surface area contributed by atoms with Gasteiger partial charge < -0.3 is 15.6 Å². The Labute approximate surface area is 148 Å². The molecule has 0 aliphatic carbocycles. The highest BCUT2D eigenvalue weighted by Gasteiger charge is 2.16. The zero-order valence-electron chi connectivity index (χ0n) is 12.7. The van der Waals surface area contributed by atoms with Crippen LogP contribution < -0.4 is 11.1 Å². The van der Waals surface area contributed by atoms with Crippen molar-refractivity contribution in [2.75, 3.05) is 5.32 Å². The van der Waals surface area contributed by atoms with Crippen LogP contribution in [0.2, 0.25) is 5.28 Å². The van der Waals surface area contributed by atoms with Gasteiger partial charge in [0.05, 0.1) is 23.0 Å². The van der Waals surface area contributed by atoms with Gasteiger partial charge in [-0.05, 0) is 37.4 Å². The molecule has 0 aliphatic rings. The summed E-state index contributed by atoms with van der Waals surface area (Å²) in [6.45, 7) is 4.52. The lowest BCUT2D eigenvalue weighted by Crippen LogP contribution is -2.17. The Morgan fingerprint density at radius 3 is 2.87 bits per heavy atom. The van der Waals surface area contributed by atoms with Crippen LogP contribution in [-0.2, 0) is 13.0 Å². The molecule has 124 valence electrons. The van der Waals surface area contributed by atoms with E-state index in [1.807, 2.05) is 13.8 Å². The van der Waals surface area contributed by atoms with Gasteiger partial charge >= 0.3 is 0 Å². The zero-order valence-corrected chi connectivity index (χ0v) is 15.1. The van der Waals surface area contributed by atoms with Crippen molar-refractivity contribution in [2.24, 2.45) is 5.73 Å². The second-order valence-corrected chi connectivity index (χ2v) is 6.63. The predicted octanol–water partition coefficient (Wildman–Crippen LogP) is 3.56. The first kappa shape index (κ1) is 17.9. The summed E-state index contributed by atoms with van der Waals surface area (Å²) >= 11 is 7.71. The van der Waals surface area contributed by atoms with Crippen molar-refractivity contribution in [2.45, 2.75) is 32.9 Å². The van der Waals surface area contributed by atoms with Crippen molar-refractivity contribution in [3.05, 3.63) is 33.7 Å². The number of anilines is 1. The van der Waals surface area contributed by atoms with Crippen LogP contribution in [0, 0.1) is 6.92 Å². The molecule has 3 aromatic heterocycles. The zero-order chi connectivity index (χ0) is 15.7. The molecule has 1 atom stereocenters. The number of fused-ring (bicyclic) bond motifs is 1. The van der Waals surface area contributed by atoms with Gasteiger partial charge in [-0.2, -0.15) is 4.98 Å². The van der Waals surface area contributed by atoms with E-state index in [1.165, 1.54) is 4.88 Å². The lowest BCUT2D eigenvalue weighted by molar-refractivity contribution is 0.388. The Hall–Kier alpha value is -1.41. The fourth-order valence-electron chi connectivity index (χ4n) is 2.22. The molecule has 3 rings (SSSR count). The molecule has 0 radical (unpaired) electrons. The SMILES string of the molecule is Cc1c(C[C@H](C)N)sc2c(NCc3ccno3)nc(Cl)nc12.Cl. The van der Waals surface area contributed by atoms with Crippen molar-refractivity contribution >= 4 is 51.4 Å². The fourth-order valence-corrected chi connectivity index (χ4v) is 3.74. The molecule has 0 bridgehead atoms. The Morgan fingerprint density at radius 2 is 2.22 bits per heavy atom. The number of nitrogens with zero attached hydrogens (tertiary/aromatic N) is 3. The number of nitrogens with two attached hydrogens (primary N) is 1. The first-order valence-corrected chi connectivity index (χ1v) is 8.08. The van der Waals surface area contributed by atoms with E-state index in [4.69, 9.17) is 21.9 Å². The van der Waals surface area contributed by atoms with E-state index in [9.17, 15) is 0 Å². The molecule has 23 heavy (non-hydrogen) atoms. The van der Waals surface area contributed by atoms with Crippen LogP contribution in [0.25, 0.3) is 10.2 Å². The van der Waals surface area contributed by atoms with E-state index in [-0.39, 0.29) is 23.7 Å². The summed E-state index contributed by atoms with van der Waals surface area (Å²) in [4.78, 5) is 9.86. The average molecular weight is 374 g/mol. The molecular formula is C14H17Cl2N5OS. The largest absolute Gasteiger partial charge is 0.361 e. The second kappa shape index (κ2) is 7.44. The smallest absolute Gasteiger partial charge is 0.224 e. The third kappa shape index (κ3) is 3.92. The highest BCUT2D eigenvalue weighted by molar-refractivity contribution is 7.19. The standard InChI is InChI=1S/C14H16ClN5OS.ClH/c1-7(16)5-10-8(2)11-12(22-10)13(20-14(15)19-11)17-6-9-3-4-18-21-9;/h3-4,7H,5-6,16H2,1-2H3,(H,17,19,20);1H/t7-;/m0./s1. The molecule has 3 aromatic rings. The van der Waals surface area contributed by atoms with Gasteiger partial charge in [-0.3, -0.25) is 0 Å². The number of rotatable bonds is 5. The van der Waals surface area contributed by atoms with Crippen LogP contribution in [0.5, 0.6) is 0 Å². The summed E-state index contributed by atoms with van der Waals surface area (Å²) in [6.07, 6.45) is 2.42. The quantitative estimate of drug-likeness (QED) is 0.664. The maximum absolute atomic E-state index is 6.05. The lowest BCUT2D eigenvalue weighted by Gasteiger charge is -2.04. The first-order chi connectivity index (χ1) is 10.5. The number of hydrogen-bond acceptors (Lipinski definition) is 7. The summed E-state index contributed by atoms with van der Waals surface area (Å²) < 4.78 is 6.06. The van der Waals surface area contributed by atoms with Crippen LogP contribution in [0.3, 0.4) is 0 Å². The van der Waals surface area contributed by atoms with Crippen molar-refractivity contribution in [1.82, 2.24) is 15.1 Å².